The fraction of sp³-hybridized carbons (Fsp3) is 0.941. The molecule has 0 spiro atoms. The first-order valence-corrected chi connectivity index (χ1v) is 8.83. The molecule has 2 atom stereocenters. The fourth-order valence-corrected chi connectivity index (χ4v) is 3.72. The van der Waals surface area contributed by atoms with Crippen LogP contribution in [0.5, 0.6) is 0 Å². The van der Waals surface area contributed by atoms with Gasteiger partial charge in [0, 0.05) is 18.1 Å². The van der Waals surface area contributed by atoms with Gasteiger partial charge in [-0.25, -0.2) is 4.79 Å². The number of carbonyl (C=O) groups excluding carboxylic acids is 1. The van der Waals surface area contributed by atoms with Gasteiger partial charge in [-0.15, -0.1) is 0 Å². The van der Waals surface area contributed by atoms with Crippen LogP contribution in [0.4, 0.5) is 4.79 Å². The summed E-state index contributed by atoms with van der Waals surface area (Å²) >= 11 is 0. The first-order chi connectivity index (χ1) is 10.4. The molecule has 2 fully saturated rings. The van der Waals surface area contributed by atoms with Gasteiger partial charge in [0.25, 0.3) is 0 Å². The van der Waals surface area contributed by atoms with Gasteiger partial charge in [-0.1, -0.05) is 6.42 Å². The SMILES string of the molecule is CC(C)(C)OC(=O)NC1CCC(NC2CCCC2CN)CC1. The quantitative estimate of drug-likeness (QED) is 0.746. The number of nitrogens with one attached hydrogen (secondary N) is 2. The van der Waals surface area contributed by atoms with Crippen molar-refractivity contribution < 1.29 is 9.53 Å². The van der Waals surface area contributed by atoms with Crippen LogP contribution in [0.1, 0.15) is 65.7 Å². The van der Waals surface area contributed by atoms with Gasteiger partial charge in [0.1, 0.15) is 5.60 Å². The standard InChI is InChI=1S/C17H33N3O2/c1-17(2,3)22-16(21)20-14-9-7-13(8-10-14)19-15-6-4-5-12(15)11-18/h12-15,19H,4-11,18H2,1-3H3,(H,20,21). The van der Waals surface area contributed by atoms with E-state index in [0.717, 1.165) is 32.2 Å². The highest BCUT2D eigenvalue weighted by Gasteiger charge is 2.30. The van der Waals surface area contributed by atoms with Crippen LogP contribution in [0.15, 0.2) is 0 Å². The smallest absolute Gasteiger partial charge is 0.407 e. The van der Waals surface area contributed by atoms with E-state index in [4.69, 9.17) is 10.5 Å². The van der Waals surface area contributed by atoms with Crippen LogP contribution in [0.3, 0.4) is 0 Å². The van der Waals surface area contributed by atoms with E-state index >= 15 is 0 Å². The molecule has 2 aliphatic carbocycles. The van der Waals surface area contributed by atoms with Crippen molar-refractivity contribution in [3.63, 3.8) is 0 Å². The molecule has 0 aromatic heterocycles. The molecule has 2 saturated carbocycles. The van der Waals surface area contributed by atoms with Crippen molar-refractivity contribution in [1.29, 1.82) is 0 Å². The van der Waals surface area contributed by atoms with Gasteiger partial charge < -0.3 is 21.1 Å². The number of alkyl carbamates (subject to hydrolysis) is 1. The van der Waals surface area contributed by atoms with Gasteiger partial charge in [-0.05, 0) is 71.8 Å². The highest BCUT2D eigenvalue weighted by molar-refractivity contribution is 5.68. The zero-order chi connectivity index (χ0) is 16.2. The van der Waals surface area contributed by atoms with Gasteiger partial charge >= 0.3 is 6.09 Å². The highest BCUT2D eigenvalue weighted by Crippen LogP contribution is 2.27. The molecule has 1 amide bonds. The lowest BCUT2D eigenvalue weighted by Crippen LogP contribution is -2.47. The minimum absolute atomic E-state index is 0.252. The first kappa shape index (κ1) is 17.5. The lowest BCUT2D eigenvalue weighted by molar-refractivity contribution is 0.0489. The third-order valence-corrected chi connectivity index (χ3v) is 4.86. The highest BCUT2D eigenvalue weighted by atomic mass is 16.6. The van der Waals surface area contributed by atoms with E-state index in [1.54, 1.807) is 0 Å². The lowest BCUT2D eigenvalue weighted by atomic mass is 9.90. The molecule has 0 bridgehead atoms. The van der Waals surface area contributed by atoms with Crippen LogP contribution in [-0.2, 0) is 4.74 Å². The third kappa shape index (κ3) is 5.43. The van der Waals surface area contributed by atoms with Crippen molar-refractivity contribution in [3.05, 3.63) is 0 Å². The number of nitrogens with two attached hydrogens (primary N) is 1. The number of ether oxygens (including phenoxy) is 1. The fourth-order valence-electron chi connectivity index (χ4n) is 3.72. The maximum atomic E-state index is 11.8. The Morgan fingerprint density at radius 3 is 2.32 bits per heavy atom. The van der Waals surface area contributed by atoms with E-state index in [-0.39, 0.29) is 12.1 Å². The summed E-state index contributed by atoms with van der Waals surface area (Å²) in [5.41, 5.74) is 5.43. The van der Waals surface area contributed by atoms with Gasteiger partial charge in [0.2, 0.25) is 0 Å². The molecule has 0 heterocycles. The molecular formula is C17H33N3O2. The molecule has 5 nitrogen and oxygen atoms in total. The van der Waals surface area contributed by atoms with Crippen LogP contribution in [0, 0.1) is 5.92 Å². The van der Waals surface area contributed by atoms with Crippen LogP contribution in [-0.4, -0.2) is 36.4 Å². The van der Waals surface area contributed by atoms with E-state index in [9.17, 15) is 4.79 Å². The van der Waals surface area contributed by atoms with Crippen LogP contribution in [0.2, 0.25) is 0 Å². The Kier molecular flexibility index (Phi) is 6.09. The van der Waals surface area contributed by atoms with E-state index in [1.165, 1.54) is 19.3 Å². The number of hydrogen-bond donors (Lipinski definition) is 3. The number of amides is 1. The second kappa shape index (κ2) is 7.64. The van der Waals surface area contributed by atoms with Gasteiger partial charge in [0.05, 0.1) is 0 Å². The molecule has 0 aliphatic heterocycles. The number of carbonyl (C=O) groups is 1. The topological polar surface area (TPSA) is 76.4 Å². The second-order valence-corrected chi connectivity index (χ2v) is 7.89. The summed E-state index contributed by atoms with van der Waals surface area (Å²) in [6.07, 6.45) is 7.83. The van der Waals surface area contributed by atoms with Crippen molar-refractivity contribution in [2.45, 2.75) is 89.4 Å². The van der Waals surface area contributed by atoms with E-state index < -0.39 is 5.60 Å². The zero-order valence-electron chi connectivity index (χ0n) is 14.4. The molecule has 2 aliphatic rings. The maximum absolute atomic E-state index is 11.8. The molecule has 2 rings (SSSR count). The van der Waals surface area contributed by atoms with Crippen LogP contribution >= 0.6 is 0 Å². The predicted octanol–water partition coefficient (Wildman–Crippen LogP) is 2.54. The zero-order valence-corrected chi connectivity index (χ0v) is 14.4. The minimum Gasteiger partial charge on any atom is -0.444 e. The summed E-state index contributed by atoms with van der Waals surface area (Å²) in [6, 6.07) is 1.43. The summed E-state index contributed by atoms with van der Waals surface area (Å²) in [5, 5.41) is 6.81. The molecule has 0 radical (unpaired) electrons. The molecule has 5 heteroatoms. The molecule has 128 valence electrons. The van der Waals surface area contributed by atoms with E-state index in [1.807, 2.05) is 20.8 Å². The van der Waals surface area contributed by atoms with Crippen molar-refractivity contribution in [2.75, 3.05) is 6.54 Å². The van der Waals surface area contributed by atoms with Gasteiger partial charge in [-0.2, -0.15) is 0 Å². The van der Waals surface area contributed by atoms with Crippen molar-refractivity contribution >= 4 is 6.09 Å². The average molecular weight is 311 g/mol. The number of hydrogen-bond acceptors (Lipinski definition) is 4. The van der Waals surface area contributed by atoms with Crippen LogP contribution < -0.4 is 16.4 Å². The summed E-state index contributed by atoms with van der Waals surface area (Å²) in [5.74, 6) is 0.651. The van der Waals surface area contributed by atoms with Crippen molar-refractivity contribution in [1.82, 2.24) is 10.6 Å². The predicted molar refractivity (Wildman–Crippen MR) is 88.7 cm³/mol. The molecule has 0 saturated heterocycles. The van der Waals surface area contributed by atoms with Gasteiger partial charge in [-0.3, -0.25) is 0 Å². The average Bonchev–Trinajstić information content (AvgIpc) is 2.86. The molecule has 0 aromatic carbocycles. The monoisotopic (exact) mass is 311 g/mol. The summed E-state index contributed by atoms with van der Waals surface area (Å²) in [4.78, 5) is 11.8. The summed E-state index contributed by atoms with van der Waals surface area (Å²) in [6.45, 7) is 6.47. The molecular weight excluding hydrogens is 278 g/mol. The summed E-state index contributed by atoms with van der Waals surface area (Å²) in [7, 11) is 0. The lowest BCUT2D eigenvalue weighted by Gasteiger charge is -2.33. The maximum Gasteiger partial charge on any atom is 0.407 e. The second-order valence-electron chi connectivity index (χ2n) is 7.89. The minimum atomic E-state index is -0.428. The van der Waals surface area contributed by atoms with E-state index in [2.05, 4.69) is 10.6 Å². The molecule has 2 unspecified atom stereocenters. The largest absolute Gasteiger partial charge is 0.444 e. The van der Waals surface area contributed by atoms with Crippen molar-refractivity contribution in [3.8, 4) is 0 Å². The first-order valence-electron chi connectivity index (χ1n) is 8.83. The molecule has 4 N–H and O–H groups in total. The molecule has 22 heavy (non-hydrogen) atoms. The van der Waals surface area contributed by atoms with Crippen LogP contribution in [0.25, 0.3) is 0 Å². The third-order valence-electron chi connectivity index (χ3n) is 4.86. The normalized spacial score (nSPS) is 32.7. The Morgan fingerprint density at radius 1 is 1.09 bits per heavy atom. The Hall–Kier alpha value is -0.810. The summed E-state index contributed by atoms with van der Waals surface area (Å²) < 4.78 is 5.32. The Bertz CT molecular complexity index is 359. The Morgan fingerprint density at radius 2 is 1.73 bits per heavy atom. The van der Waals surface area contributed by atoms with Crippen molar-refractivity contribution in [2.24, 2.45) is 11.7 Å². The van der Waals surface area contributed by atoms with Gasteiger partial charge in [0.15, 0.2) is 0 Å². The number of rotatable bonds is 4. The Labute approximate surface area is 134 Å². The van der Waals surface area contributed by atoms with E-state index in [0.29, 0.717) is 18.0 Å². The molecule has 0 aromatic rings. The Balaban J connectivity index is 1.68.